The van der Waals surface area contributed by atoms with Crippen LogP contribution in [0.25, 0.3) is 11.0 Å². The Labute approximate surface area is 139 Å². The lowest BCUT2D eigenvalue weighted by molar-refractivity contribution is 0.0954. The Balaban J connectivity index is 1.70. The fourth-order valence-electron chi connectivity index (χ4n) is 2.70. The Morgan fingerprint density at radius 2 is 2.17 bits per heavy atom. The number of nitrogens with one attached hydrogen (secondary N) is 1. The van der Waals surface area contributed by atoms with Gasteiger partial charge in [0.15, 0.2) is 0 Å². The zero-order chi connectivity index (χ0) is 16.4. The molecule has 0 saturated carbocycles. The maximum atomic E-state index is 12.3. The summed E-state index contributed by atoms with van der Waals surface area (Å²) in [6.45, 7) is 3.35. The highest BCUT2D eigenvalue weighted by Crippen LogP contribution is 2.20. The molecule has 1 amide bonds. The Kier molecular flexibility index (Phi) is 4.39. The van der Waals surface area contributed by atoms with Gasteiger partial charge < -0.3 is 14.5 Å². The highest BCUT2D eigenvalue weighted by atomic mass is 35.5. The largest absolute Gasteiger partial charge is 0.354 e. The minimum Gasteiger partial charge on any atom is -0.354 e. The van der Waals surface area contributed by atoms with E-state index in [1.54, 1.807) is 6.07 Å². The summed E-state index contributed by atoms with van der Waals surface area (Å²) in [6.07, 6.45) is 2.80. The standard InChI is InChI=1S/C17H19ClN4O/c1-3-22-15-7-6-12(11-14(15)20-17(22)18)16(23)19-9-8-13-5-4-10-21(13)2/h4-7,10-11H,3,8-9H2,1-2H3,(H,19,23). The minimum absolute atomic E-state index is 0.0942. The number of rotatable bonds is 5. The molecule has 2 aromatic heterocycles. The maximum absolute atomic E-state index is 12.3. The second-order valence-electron chi connectivity index (χ2n) is 5.44. The first-order valence-electron chi connectivity index (χ1n) is 7.64. The first-order chi connectivity index (χ1) is 11.1. The number of amides is 1. The molecule has 0 saturated heterocycles. The van der Waals surface area contributed by atoms with Crippen LogP contribution in [0.5, 0.6) is 0 Å². The predicted octanol–water partition coefficient (Wildman–Crippen LogP) is 3.02. The van der Waals surface area contributed by atoms with Crippen LogP contribution < -0.4 is 5.32 Å². The van der Waals surface area contributed by atoms with Crippen LogP contribution in [0.2, 0.25) is 5.28 Å². The number of halogens is 1. The van der Waals surface area contributed by atoms with Crippen molar-refractivity contribution in [2.75, 3.05) is 6.54 Å². The summed E-state index contributed by atoms with van der Waals surface area (Å²) in [4.78, 5) is 16.6. The molecule has 0 atom stereocenters. The zero-order valence-corrected chi connectivity index (χ0v) is 14.0. The molecular weight excluding hydrogens is 312 g/mol. The Morgan fingerprint density at radius 1 is 1.35 bits per heavy atom. The number of imidazole rings is 1. The Morgan fingerprint density at radius 3 is 2.87 bits per heavy atom. The van der Waals surface area contributed by atoms with Gasteiger partial charge in [0, 0.05) is 44.0 Å². The van der Waals surface area contributed by atoms with Crippen molar-refractivity contribution in [2.45, 2.75) is 19.9 Å². The molecule has 1 N–H and O–H groups in total. The highest BCUT2D eigenvalue weighted by Gasteiger charge is 2.11. The third-order valence-corrected chi connectivity index (χ3v) is 4.29. The van der Waals surface area contributed by atoms with Crippen molar-refractivity contribution in [3.8, 4) is 0 Å². The lowest BCUT2D eigenvalue weighted by atomic mass is 10.2. The molecule has 0 unspecified atom stereocenters. The van der Waals surface area contributed by atoms with Gasteiger partial charge in [-0.05, 0) is 48.9 Å². The van der Waals surface area contributed by atoms with Gasteiger partial charge in [-0.3, -0.25) is 4.79 Å². The zero-order valence-electron chi connectivity index (χ0n) is 13.2. The van der Waals surface area contributed by atoms with Gasteiger partial charge in [0.25, 0.3) is 5.91 Å². The van der Waals surface area contributed by atoms with E-state index in [9.17, 15) is 4.79 Å². The Bertz CT molecular complexity index is 850. The van der Waals surface area contributed by atoms with Crippen LogP contribution in [0.3, 0.4) is 0 Å². The number of carbonyl (C=O) groups excluding carboxylic acids is 1. The molecule has 6 heteroatoms. The van der Waals surface area contributed by atoms with E-state index < -0.39 is 0 Å². The minimum atomic E-state index is -0.0942. The van der Waals surface area contributed by atoms with Crippen LogP contribution >= 0.6 is 11.6 Å². The van der Waals surface area contributed by atoms with Crippen molar-refractivity contribution in [3.63, 3.8) is 0 Å². The lowest BCUT2D eigenvalue weighted by Gasteiger charge is -2.07. The van der Waals surface area contributed by atoms with Crippen LogP contribution in [0, 0.1) is 0 Å². The monoisotopic (exact) mass is 330 g/mol. The van der Waals surface area contributed by atoms with Crippen LogP contribution in [-0.4, -0.2) is 26.6 Å². The summed E-state index contributed by atoms with van der Waals surface area (Å²) >= 11 is 6.10. The molecule has 0 radical (unpaired) electrons. The lowest BCUT2D eigenvalue weighted by Crippen LogP contribution is -2.26. The molecule has 0 aliphatic heterocycles. The van der Waals surface area contributed by atoms with Crippen LogP contribution in [-0.2, 0) is 20.0 Å². The topological polar surface area (TPSA) is 51.9 Å². The molecule has 23 heavy (non-hydrogen) atoms. The van der Waals surface area contributed by atoms with Crippen molar-refractivity contribution in [3.05, 3.63) is 53.1 Å². The number of nitrogens with zero attached hydrogens (tertiary/aromatic N) is 3. The molecule has 0 bridgehead atoms. The van der Waals surface area contributed by atoms with Crippen molar-refractivity contribution < 1.29 is 4.79 Å². The van der Waals surface area contributed by atoms with Gasteiger partial charge in [0.1, 0.15) is 0 Å². The van der Waals surface area contributed by atoms with Crippen LogP contribution in [0.4, 0.5) is 0 Å². The number of hydrogen-bond acceptors (Lipinski definition) is 2. The summed E-state index contributed by atoms with van der Waals surface area (Å²) in [5, 5.41) is 3.39. The molecule has 0 aliphatic carbocycles. The maximum Gasteiger partial charge on any atom is 0.251 e. The van der Waals surface area contributed by atoms with Gasteiger partial charge in [-0.25, -0.2) is 4.98 Å². The SMILES string of the molecule is CCn1c(Cl)nc2cc(C(=O)NCCc3cccn3C)ccc21. The second-order valence-corrected chi connectivity index (χ2v) is 5.78. The van der Waals surface area contributed by atoms with Gasteiger partial charge in [-0.15, -0.1) is 0 Å². The predicted molar refractivity (Wildman–Crippen MR) is 91.9 cm³/mol. The van der Waals surface area contributed by atoms with E-state index in [-0.39, 0.29) is 5.91 Å². The molecule has 120 valence electrons. The van der Waals surface area contributed by atoms with Crippen LogP contribution in [0.15, 0.2) is 36.5 Å². The molecule has 2 heterocycles. The van der Waals surface area contributed by atoms with Crippen molar-refractivity contribution in [1.29, 1.82) is 0 Å². The van der Waals surface area contributed by atoms with Gasteiger partial charge in [0.05, 0.1) is 11.0 Å². The molecule has 0 aliphatic rings. The average Bonchev–Trinajstić information content (AvgIpc) is 3.08. The van der Waals surface area contributed by atoms with E-state index in [4.69, 9.17) is 11.6 Å². The first-order valence-corrected chi connectivity index (χ1v) is 8.02. The van der Waals surface area contributed by atoms with Crippen molar-refractivity contribution in [2.24, 2.45) is 7.05 Å². The molecule has 3 rings (SSSR count). The second kappa shape index (κ2) is 6.46. The molecule has 0 fully saturated rings. The van der Waals surface area contributed by atoms with Gasteiger partial charge in [-0.2, -0.15) is 0 Å². The third kappa shape index (κ3) is 3.10. The number of fused-ring (bicyclic) bond motifs is 1. The van der Waals surface area contributed by atoms with Gasteiger partial charge in [-0.1, -0.05) is 0 Å². The first kappa shape index (κ1) is 15.6. The number of aromatic nitrogens is 3. The number of carbonyl (C=O) groups is 1. The fraction of sp³-hybridized carbons (Fsp3) is 0.294. The summed E-state index contributed by atoms with van der Waals surface area (Å²) in [6, 6.07) is 9.54. The smallest absolute Gasteiger partial charge is 0.251 e. The van der Waals surface area contributed by atoms with E-state index in [2.05, 4.69) is 20.9 Å². The van der Waals surface area contributed by atoms with E-state index in [1.807, 2.05) is 42.9 Å². The molecular formula is C17H19ClN4O. The summed E-state index contributed by atoms with van der Waals surface area (Å²) in [7, 11) is 2.00. The van der Waals surface area contributed by atoms with Crippen molar-refractivity contribution in [1.82, 2.24) is 19.4 Å². The molecule has 0 spiro atoms. The van der Waals surface area contributed by atoms with Gasteiger partial charge in [0.2, 0.25) is 5.28 Å². The van der Waals surface area contributed by atoms with E-state index in [1.165, 1.54) is 5.69 Å². The quantitative estimate of drug-likeness (QED) is 0.781. The third-order valence-electron chi connectivity index (χ3n) is 4.00. The molecule has 5 nitrogen and oxygen atoms in total. The molecule has 3 aromatic rings. The van der Waals surface area contributed by atoms with Gasteiger partial charge >= 0.3 is 0 Å². The number of benzene rings is 1. The average molecular weight is 331 g/mol. The van der Waals surface area contributed by atoms with E-state index in [0.717, 1.165) is 24.0 Å². The molecule has 1 aromatic carbocycles. The van der Waals surface area contributed by atoms with E-state index >= 15 is 0 Å². The van der Waals surface area contributed by atoms with E-state index in [0.29, 0.717) is 17.4 Å². The number of hydrogen-bond donors (Lipinski definition) is 1. The Hall–Kier alpha value is -2.27. The normalized spacial score (nSPS) is 11.1. The summed E-state index contributed by atoms with van der Waals surface area (Å²) in [5.74, 6) is -0.0942. The van der Waals surface area contributed by atoms with Crippen LogP contribution in [0.1, 0.15) is 23.0 Å². The number of aryl methyl sites for hydroxylation is 2. The summed E-state index contributed by atoms with van der Waals surface area (Å²) in [5.41, 5.74) is 3.47. The highest BCUT2D eigenvalue weighted by molar-refractivity contribution is 6.29. The van der Waals surface area contributed by atoms with Crippen molar-refractivity contribution >= 4 is 28.5 Å². The summed E-state index contributed by atoms with van der Waals surface area (Å²) < 4.78 is 3.96. The fourth-order valence-corrected chi connectivity index (χ4v) is 3.01.